The summed E-state index contributed by atoms with van der Waals surface area (Å²) in [5, 5.41) is 0.600. The van der Waals surface area contributed by atoms with Crippen molar-refractivity contribution in [2.24, 2.45) is 0 Å². The molecule has 0 unspecified atom stereocenters. The molecule has 0 saturated heterocycles. The Morgan fingerprint density at radius 1 is 1.24 bits per heavy atom. The molecule has 1 aromatic carbocycles. The summed E-state index contributed by atoms with van der Waals surface area (Å²) in [5.41, 5.74) is 4.04. The van der Waals surface area contributed by atoms with Crippen molar-refractivity contribution in [3.63, 3.8) is 0 Å². The topological polar surface area (TPSA) is 41.6 Å². The van der Waals surface area contributed by atoms with Crippen LogP contribution >= 0.6 is 11.6 Å². The van der Waals surface area contributed by atoms with Crippen molar-refractivity contribution in [3.05, 3.63) is 47.2 Å². The minimum Gasteiger partial charge on any atom is -0.338 e. The number of aromatic amines is 1. The number of fused-ring (bicyclic) bond motifs is 1. The van der Waals surface area contributed by atoms with Crippen molar-refractivity contribution in [2.45, 2.75) is 6.92 Å². The molecule has 0 amide bonds. The lowest BCUT2D eigenvalue weighted by molar-refractivity contribution is 1.28. The number of nitrogens with zero attached hydrogens (tertiary/aromatic N) is 2. The summed E-state index contributed by atoms with van der Waals surface area (Å²) in [4.78, 5) is 11.8. The Morgan fingerprint density at radius 2 is 2.12 bits per heavy atom. The van der Waals surface area contributed by atoms with Crippen LogP contribution in [-0.2, 0) is 0 Å². The lowest BCUT2D eigenvalue weighted by atomic mass is 10.2. The van der Waals surface area contributed by atoms with Gasteiger partial charge in [0.05, 0.1) is 16.1 Å². The molecule has 0 aliphatic heterocycles. The van der Waals surface area contributed by atoms with E-state index in [1.54, 1.807) is 12.4 Å². The summed E-state index contributed by atoms with van der Waals surface area (Å²) in [7, 11) is 0. The Morgan fingerprint density at radius 3 is 2.94 bits per heavy atom. The van der Waals surface area contributed by atoms with Crippen LogP contribution in [0.3, 0.4) is 0 Å². The number of aromatic nitrogens is 3. The monoisotopic (exact) mass is 243 g/mol. The van der Waals surface area contributed by atoms with Crippen molar-refractivity contribution in [1.29, 1.82) is 0 Å². The van der Waals surface area contributed by atoms with Gasteiger partial charge in [0.25, 0.3) is 0 Å². The van der Waals surface area contributed by atoms with Gasteiger partial charge in [-0.2, -0.15) is 0 Å². The lowest BCUT2D eigenvalue weighted by Gasteiger charge is -1.97. The van der Waals surface area contributed by atoms with E-state index in [2.05, 4.69) is 27.9 Å². The quantitative estimate of drug-likeness (QED) is 0.710. The van der Waals surface area contributed by atoms with Gasteiger partial charge in [0.2, 0.25) is 0 Å². The number of nitrogens with one attached hydrogen (secondary N) is 1. The number of benzene rings is 1. The van der Waals surface area contributed by atoms with Gasteiger partial charge in [0, 0.05) is 18.0 Å². The van der Waals surface area contributed by atoms with Crippen LogP contribution in [0.4, 0.5) is 0 Å². The summed E-state index contributed by atoms with van der Waals surface area (Å²) in [5.74, 6) is 0.776. The third-order valence-electron chi connectivity index (χ3n) is 2.66. The molecule has 17 heavy (non-hydrogen) atoms. The second-order valence-corrected chi connectivity index (χ2v) is 4.37. The van der Waals surface area contributed by atoms with E-state index in [9.17, 15) is 0 Å². The predicted molar refractivity (Wildman–Crippen MR) is 69.1 cm³/mol. The summed E-state index contributed by atoms with van der Waals surface area (Å²) < 4.78 is 0. The van der Waals surface area contributed by atoms with E-state index in [-0.39, 0.29) is 0 Å². The molecule has 1 N–H and O–H groups in total. The first-order valence-corrected chi connectivity index (χ1v) is 5.68. The maximum absolute atomic E-state index is 6.10. The van der Waals surface area contributed by atoms with Crippen molar-refractivity contribution < 1.29 is 0 Å². The molecule has 3 aromatic rings. The number of H-pyrrole nitrogens is 1. The van der Waals surface area contributed by atoms with Gasteiger partial charge in [-0.25, -0.2) is 4.98 Å². The summed E-state index contributed by atoms with van der Waals surface area (Å²) in [6.45, 7) is 2.05. The fourth-order valence-electron chi connectivity index (χ4n) is 1.82. The Balaban J connectivity index is 2.22. The van der Waals surface area contributed by atoms with Gasteiger partial charge in [0.15, 0.2) is 0 Å². The molecule has 0 atom stereocenters. The first-order chi connectivity index (χ1) is 8.24. The Labute approximate surface area is 103 Å². The first kappa shape index (κ1) is 10.3. The Kier molecular flexibility index (Phi) is 2.34. The van der Waals surface area contributed by atoms with E-state index >= 15 is 0 Å². The Hall–Kier alpha value is -1.87. The maximum atomic E-state index is 6.10. The molecular formula is C13H10ClN3. The van der Waals surface area contributed by atoms with Gasteiger partial charge in [0.1, 0.15) is 5.82 Å². The molecule has 0 bridgehead atoms. The third-order valence-corrected chi connectivity index (χ3v) is 2.97. The molecular weight excluding hydrogens is 234 g/mol. The molecule has 0 fully saturated rings. The minimum absolute atomic E-state index is 0.600. The molecule has 0 radical (unpaired) electrons. The zero-order chi connectivity index (χ0) is 11.8. The number of halogens is 1. The molecule has 84 valence electrons. The number of hydrogen-bond donors (Lipinski definition) is 1. The van der Waals surface area contributed by atoms with Crippen LogP contribution in [0.1, 0.15) is 5.56 Å². The largest absolute Gasteiger partial charge is 0.338 e. The lowest BCUT2D eigenvalue weighted by Crippen LogP contribution is -1.82. The highest BCUT2D eigenvalue weighted by atomic mass is 35.5. The minimum atomic E-state index is 0.600. The van der Waals surface area contributed by atoms with Crippen LogP contribution in [-0.4, -0.2) is 15.0 Å². The number of pyridine rings is 1. The van der Waals surface area contributed by atoms with Gasteiger partial charge in [-0.15, -0.1) is 0 Å². The molecule has 3 nitrogen and oxygen atoms in total. The van der Waals surface area contributed by atoms with Gasteiger partial charge < -0.3 is 4.98 Å². The Bertz CT molecular complexity index is 688. The SMILES string of the molecule is Cc1ccc2nc(-c3ccncc3Cl)[nH]c2c1. The molecule has 0 saturated carbocycles. The number of aryl methyl sites for hydroxylation is 1. The van der Waals surface area contributed by atoms with Gasteiger partial charge in [-0.05, 0) is 30.7 Å². The van der Waals surface area contributed by atoms with Crippen LogP contribution in [0.15, 0.2) is 36.7 Å². The average Bonchev–Trinajstić information content (AvgIpc) is 2.72. The number of hydrogen-bond acceptors (Lipinski definition) is 2. The molecule has 2 heterocycles. The predicted octanol–water partition coefficient (Wildman–Crippen LogP) is 3.59. The van der Waals surface area contributed by atoms with Crippen LogP contribution in [0.5, 0.6) is 0 Å². The average molecular weight is 244 g/mol. The van der Waals surface area contributed by atoms with Gasteiger partial charge in [-0.3, -0.25) is 4.98 Å². The van der Waals surface area contributed by atoms with Gasteiger partial charge in [-0.1, -0.05) is 17.7 Å². The molecule has 0 aliphatic rings. The molecule has 3 rings (SSSR count). The molecule has 4 heteroatoms. The van der Waals surface area contributed by atoms with E-state index in [0.29, 0.717) is 5.02 Å². The van der Waals surface area contributed by atoms with Crippen LogP contribution in [0.2, 0.25) is 5.02 Å². The molecule has 0 spiro atoms. The maximum Gasteiger partial charge on any atom is 0.140 e. The highest BCUT2D eigenvalue weighted by Gasteiger charge is 2.08. The number of rotatable bonds is 1. The van der Waals surface area contributed by atoms with Crippen LogP contribution in [0.25, 0.3) is 22.4 Å². The van der Waals surface area contributed by atoms with Crippen LogP contribution in [0, 0.1) is 6.92 Å². The second-order valence-electron chi connectivity index (χ2n) is 3.96. The normalized spacial score (nSPS) is 10.9. The molecule has 0 aliphatic carbocycles. The van der Waals surface area contributed by atoms with E-state index in [0.717, 1.165) is 22.4 Å². The van der Waals surface area contributed by atoms with E-state index in [1.807, 2.05) is 18.2 Å². The van der Waals surface area contributed by atoms with Gasteiger partial charge >= 0.3 is 0 Å². The zero-order valence-corrected chi connectivity index (χ0v) is 9.99. The summed E-state index contributed by atoms with van der Waals surface area (Å²) in [6, 6.07) is 7.97. The van der Waals surface area contributed by atoms with Crippen LogP contribution < -0.4 is 0 Å². The molecule has 2 aromatic heterocycles. The van der Waals surface area contributed by atoms with Crippen molar-refractivity contribution in [3.8, 4) is 11.4 Å². The van der Waals surface area contributed by atoms with Crippen molar-refractivity contribution in [1.82, 2.24) is 15.0 Å². The summed E-state index contributed by atoms with van der Waals surface area (Å²) in [6.07, 6.45) is 3.33. The van der Waals surface area contributed by atoms with Crippen molar-refractivity contribution >= 4 is 22.6 Å². The standard InChI is InChI=1S/C13H10ClN3/c1-8-2-3-11-12(6-8)17-13(16-11)9-4-5-15-7-10(9)14/h2-7H,1H3,(H,16,17). The summed E-state index contributed by atoms with van der Waals surface area (Å²) >= 11 is 6.10. The number of imidazole rings is 1. The second kappa shape index (κ2) is 3.86. The van der Waals surface area contributed by atoms with E-state index < -0.39 is 0 Å². The fraction of sp³-hybridized carbons (Fsp3) is 0.0769. The first-order valence-electron chi connectivity index (χ1n) is 5.30. The van der Waals surface area contributed by atoms with E-state index in [4.69, 9.17) is 11.6 Å². The van der Waals surface area contributed by atoms with E-state index in [1.165, 1.54) is 5.56 Å². The highest BCUT2D eigenvalue weighted by Crippen LogP contribution is 2.26. The highest BCUT2D eigenvalue weighted by molar-refractivity contribution is 6.33. The van der Waals surface area contributed by atoms with Crippen molar-refractivity contribution in [2.75, 3.05) is 0 Å². The third kappa shape index (κ3) is 1.78. The fourth-order valence-corrected chi connectivity index (χ4v) is 2.03. The smallest absolute Gasteiger partial charge is 0.140 e. The zero-order valence-electron chi connectivity index (χ0n) is 9.24.